The highest BCUT2D eigenvalue weighted by atomic mass is 14.2. The molecule has 1 aliphatic carbocycles. The minimum absolute atomic E-state index is 1.01. The van der Waals surface area contributed by atoms with Crippen LogP contribution in [-0.4, -0.2) is 0 Å². The zero-order valence-corrected chi connectivity index (χ0v) is 13.5. The van der Waals surface area contributed by atoms with Crippen LogP contribution in [0.4, 0.5) is 0 Å². The molecule has 1 aliphatic rings. The van der Waals surface area contributed by atoms with Crippen molar-refractivity contribution >= 4 is 18.2 Å². The Morgan fingerprint density at radius 3 is 1.83 bits per heavy atom. The van der Waals surface area contributed by atoms with Crippen molar-refractivity contribution in [2.24, 2.45) is 0 Å². The molecule has 0 unspecified atom stereocenters. The molecular weight excluding hydrogens is 288 g/mol. The van der Waals surface area contributed by atoms with E-state index in [0.29, 0.717) is 0 Å². The van der Waals surface area contributed by atoms with Crippen molar-refractivity contribution in [2.75, 3.05) is 0 Å². The molecule has 114 valence electrons. The third kappa shape index (κ3) is 1.93. The lowest BCUT2D eigenvalue weighted by Gasteiger charge is -2.12. The molecule has 4 rings (SSSR count). The van der Waals surface area contributed by atoms with Crippen molar-refractivity contribution in [1.29, 1.82) is 0 Å². The summed E-state index contributed by atoms with van der Waals surface area (Å²) in [5.41, 5.74) is 8.33. The van der Waals surface area contributed by atoms with Gasteiger partial charge in [-0.25, -0.2) is 0 Å². The number of benzene rings is 3. The monoisotopic (exact) mass is 306 g/mol. The molecule has 3 aromatic carbocycles. The van der Waals surface area contributed by atoms with Gasteiger partial charge in [-0.2, -0.15) is 0 Å². The summed E-state index contributed by atoms with van der Waals surface area (Å²) in [5.74, 6) is 0. The molecule has 0 amide bonds. The minimum atomic E-state index is 1.01. The van der Waals surface area contributed by atoms with Gasteiger partial charge in [-0.15, -0.1) is 0 Å². The molecule has 3 aromatic rings. The van der Waals surface area contributed by atoms with Gasteiger partial charge in [-0.3, -0.25) is 0 Å². The third-order valence-corrected chi connectivity index (χ3v) is 4.72. The fourth-order valence-electron chi connectivity index (χ4n) is 3.67. The highest BCUT2D eigenvalue weighted by molar-refractivity contribution is 5.98. The van der Waals surface area contributed by atoms with Crippen LogP contribution in [0.5, 0.6) is 0 Å². The summed E-state index contributed by atoms with van der Waals surface area (Å²) < 4.78 is 0. The van der Waals surface area contributed by atoms with E-state index in [-0.39, 0.29) is 0 Å². The SMILES string of the molecule is C=CC1=c2c(c(C=C)ccc2=C)-c2ccccc2-c2ccccc21. The zero-order valence-electron chi connectivity index (χ0n) is 13.5. The molecule has 0 radical (unpaired) electrons. The molecule has 24 heavy (non-hydrogen) atoms. The predicted molar refractivity (Wildman–Crippen MR) is 105 cm³/mol. The van der Waals surface area contributed by atoms with E-state index in [4.69, 9.17) is 0 Å². The Kier molecular flexibility index (Phi) is 3.32. The Hall–Kier alpha value is -3.12. The van der Waals surface area contributed by atoms with E-state index in [1.54, 1.807) is 0 Å². The maximum absolute atomic E-state index is 4.29. The smallest absolute Gasteiger partial charge is 0.00208 e. The second-order valence-corrected chi connectivity index (χ2v) is 5.98. The largest absolute Gasteiger partial charge is 0.0984 e. The first-order valence-electron chi connectivity index (χ1n) is 8.06. The van der Waals surface area contributed by atoms with Gasteiger partial charge in [-0.05, 0) is 49.4 Å². The summed E-state index contributed by atoms with van der Waals surface area (Å²) in [6, 6.07) is 21.2. The Balaban J connectivity index is 2.39. The second kappa shape index (κ2) is 5.50. The molecule has 0 bridgehead atoms. The number of hydrogen-bond donors (Lipinski definition) is 0. The Morgan fingerprint density at radius 2 is 1.21 bits per heavy atom. The van der Waals surface area contributed by atoms with Crippen LogP contribution in [0.1, 0.15) is 11.1 Å². The van der Waals surface area contributed by atoms with E-state index in [1.807, 2.05) is 12.2 Å². The molecule has 0 aromatic heterocycles. The molecule has 0 saturated heterocycles. The number of rotatable bonds is 2. The molecule has 0 heteroatoms. The van der Waals surface area contributed by atoms with E-state index in [0.717, 1.165) is 21.6 Å². The molecule has 0 heterocycles. The summed E-state index contributed by atoms with van der Waals surface area (Å²) in [5, 5.41) is 2.16. The summed E-state index contributed by atoms with van der Waals surface area (Å²) in [4.78, 5) is 0. The molecule has 0 fully saturated rings. The average molecular weight is 306 g/mol. The quantitative estimate of drug-likeness (QED) is 0.639. The lowest BCUT2D eigenvalue weighted by atomic mass is 9.91. The molecular formula is C24H18. The van der Waals surface area contributed by atoms with E-state index in [9.17, 15) is 0 Å². The van der Waals surface area contributed by atoms with Crippen LogP contribution < -0.4 is 10.4 Å². The first-order valence-corrected chi connectivity index (χ1v) is 8.06. The van der Waals surface area contributed by atoms with Gasteiger partial charge in [0, 0.05) is 0 Å². The lowest BCUT2D eigenvalue weighted by molar-refractivity contribution is 1.48. The van der Waals surface area contributed by atoms with E-state index < -0.39 is 0 Å². The van der Waals surface area contributed by atoms with Crippen molar-refractivity contribution in [3.8, 4) is 22.3 Å². The zero-order chi connectivity index (χ0) is 16.7. The highest BCUT2D eigenvalue weighted by Crippen LogP contribution is 2.38. The van der Waals surface area contributed by atoms with Crippen molar-refractivity contribution in [2.45, 2.75) is 0 Å². The van der Waals surface area contributed by atoms with Crippen LogP contribution in [0.25, 0.3) is 40.5 Å². The molecule has 0 N–H and O–H groups in total. The van der Waals surface area contributed by atoms with Gasteiger partial charge in [0.05, 0.1) is 0 Å². The molecule has 0 aliphatic heterocycles. The summed E-state index contributed by atoms with van der Waals surface area (Å²) in [6.07, 6.45) is 3.87. The van der Waals surface area contributed by atoms with Gasteiger partial charge in [-0.1, -0.05) is 92.6 Å². The number of hydrogen-bond acceptors (Lipinski definition) is 0. The molecule has 0 atom stereocenters. The summed E-state index contributed by atoms with van der Waals surface area (Å²) in [7, 11) is 0. The van der Waals surface area contributed by atoms with Gasteiger partial charge in [0.2, 0.25) is 0 Å². The fourth-order valence-corrected chi connectivity index (χ4v) is 3.67. The fraction of sp³-hybridized carbons (Fsp3) is 0. The first kappa shape index (κ1) is 14.5. The molecule has 0 spiro atoms. The van der Waals surface area contributed by atoms with Crippen LogP contribution >= 0.6 is 0 Å². The first-order chi connectivity index (χ1) is 11.8. The van der Waals surface area contributed by atoms with Crippen LogP contribution in [0.3, 0.4) is 0 Å². The predicted octanol–water partition coefficient (Wildman–Crippen LogP) is 4.77. The van der Waals surface area contributed by atoms with Gasteiger partial charge in [0.25, 0.3) is 0 Å². The van der Waals surface area contributed by atoms with Gasteiger partial charge in [0.1, 0.15) is 0 Å². The van der Waals surface area contributed by atoms with Crippen molar-refractivity contribution in [1.82, 2.24) is 0 Å². The van der Waals surface area contributed by atoms with Crippen LogP contribution in [0, 0.1) is 0 Å². The third-order valence-electron chi connectivity index (χ3n) is 4.72. The van der Waals surface area contributed by atoms with Gasteiger partial charge in [0.15, 0.2) is 0 Å². The van der Waals surface area contributed by atoms with E-state index in [2.05, 4.69) is 80.4 Å². The van der Waals surface area contributed by atoms with Crippen molar-refractivity contribution in [3.05, 3.63) is 101 Å². The molecule has 0 saturated carbocycles. The highest BCUT2D eigenvalue weighted by Gasteiger charge is 2.20. The van der Waals surface area contributed by atoms with Crippen LogP contribution in [-0.2, 0) is 0 Å². The van der Waals surface area contributed by atoms with Gasteiger partial charge >= 0.3 is 0 Å². The van der Waals surface area contributed by atoms with E-state index in [1.165, 1.54) is 27.8 Å². The maximum atomic E-state index is 4.29. The summed E-state index contributed by atoms with van der Waals surface area (Å²) >= 11 is 0. The van der Waals surface area contributed by atoms with E-state index >= 15 is 0 Å². The Bertz CT molecular complexity index is 1100. The second-order valence-electron chi connectivity index (χ2n) is 5.98. The number of allylic oxidation sites excluding steroid dienone is 1. The minimum Gasteiger partial charge on any atom is -0.0984 e. The summed E-state index contributed by atoms with van der Waals surface area (Å²) in [6.45, 7) is 12.4. The Morgan fingerprint density at radius 1 is 0.625 bits per heavy atom. The maximum Gasteiger partial charge on any atom is -0.00208 e. The van der Waals surface area contributed by atoms with Crippen LogP contribution in [0.2, 0.25) is 0 Å². The number of fused-ring (bicyclic) bond motifs is 5. The van der Waals surface area contributed by atoms with Crippen molar-refractivity contribution < 1.29 is 0 Å². The lowest BCUT2D eigenvalue weighted by Crippen LogP contribution is -2.28. The molecule has 0 nitrogen and oxygen atoms in total. The average Bonchev–Trinajstić information content (AvgIpc) is 2.76. The van der Waals surface area contributed by atoms with Crippen molar-refractivity contribution in [3.63, 3.8) is 0 Å². The topological polar surface area (TPSA) is 0 Å². The van der Waals surface area contributed by atoms with Gasteiger partial charge < -0.3 is 0 Å². The van der Waals surface area contributed by atoms with Crippen LogP contribution in [0.15, 0.2) is 79.9 Å². The Labute approximate surface area is 142 Å². The standard InChI is InChI=1S/C24H18/c1-4-17-15-14-16(3)23-18(5-2)19-10-6-7-11-20(19)21-12-8-9-13-22(21)24(17)23/h4-15H,1-3H2. The normalized spacial score (nSPS) is 11.8.